The van der Waals surface area contributed by atoms with E-state index >= 15 is 0 Å². The SMILES string of the molecule is CNCCc1ccc(Oc2ccc(O)cc2)c(I)c1. The molecule has 0 heterocycles. The summed E-state index contributed by atoms with van der Waals surface area (Å²) in [5, 5.41) is 12.4. The van der Waals surface area contributed by atoms with Crippen molar-refractivity contribution in [2.45, 2.75) is 6.42 Å². The highest BCUT2D eigenvalue weighted by molar-refractivity contribution is 14.1. The molecule has 3 nitrogen and oxygen atoms in total. The third-order valence-corrected chi connectivity index (χ3v) is 3.57. The van der Waals surface area contributed by atoms with E-state index in [4.69, 9.17) is 4.74 Å². The second kappa shape index (κ2) is 6.77. The number of rotatable bonds is 5. The Labute approximate surface area is 126 Å². The molecule has 2 N–H and O–H groups in total. The Kier molecular flexibility index (Phi) is 5.04. The number of ether oxygens (including phenoxy) is 1. The first-order valence-electron chi connectivity index (χ1n) is 6.09. The molecule has 0 fully saturated rings. The Balaban J connectivity index is 2.10. The molecule has 0 spiro atoms. The Bertz CT molecular complexity index is 540. The minimum absolute atomic E-state index is 0.240. The monoisotopic (exact) mass is 369 g/mol. The molecule has 0 atom stereocenters. The molecular formula is C15H16INO2. The van der Waals surface area contributed by atoms with E-state index < -0.39 is 0 Å². The van der Waals surface area contributed by atoms with E-state index in [0.29, 0.717) is 0 Å². The van der Waals surface area contributed by atoms with Crippen molar-refractivity contribution in [3.05, 3.63) is 51.6 Å². The largest absolute Gasteiger partial charge is 0.508 e. The number of nitrogens with one attached hydrogen (secondary N) is 1. The minimum atomic E-state index is 0.240. The number of phenolic OH excluding ortho intramolecular Hbond substituents is 1. The van der Waals surface area contributed by atoms with Crippen molar-refractivity contribution in [3.8, 4) is 17.2 Å². The second-order valence-electron chi connectivity index (χ2n) is 4.21. The molecule has 4 heteroatoms. The lowest BCUT2D eigenvalue weighted by Gasteiger charge is -2.09. The van der Waals surface area contributed by atoms with Gasteiger partial charge in [0, 0.05) is 0 Å². The van der Waals surface area contributed by atoms with Crippen LogP contribution in [-0.2, 0) is 6.42 Å². The van der Waals surface area contributed by atoms with Gasteiger partial charge in [0.15, 0.2) is 0 Å². The molecule has 100 valence electrons. The number of halogens is 1. The van der Waals surface area contributed by atoms with Crippen molar-refractivity contribution in [2.24, 2.45) is 0 Å². The third kappa shape index (κ3) is 4.11. The Hall–Kier alpha value is -1.27. The van der Waals surface area contributed by atoms with Gasteiger partial charge >= 0.3 is 0 Å². The summed E-state index contributed by atoms with van der Waals surface area (Å²) in [6.45, 7) is 0.967. The molecule has 0 unspecified atom stereocenters. The van der Waals surface area contributed by atoms with Crippen LogP contribution in [0.3, 0.4) is 0 Å². The van der Waals surface area contributed by atoms with E-state index in [0.717, 1.165) is 28.0 Å². The highest BCUT2D eigenvalue weighted by Gasteiger charge is 2.04. The predicted molar refractivity (Wildman–Crippen MR) is 85.0 cm³/mol. The fourth-order valence-electron chi connectivity index (χ4n) is 1.69. The van der Waals surface area contributed by atoms with Crippen LogP contribution in [-0.4, -0.2) is 18.7 Å². The van der Waals surface area contributed by atoms with Crippen LogP contribution in [0.2, 0.25) is 0 Å². The summed E-state index contributed by atoms with van der Waals surface area (Å²) in [6, 6.07) is 12.9. The van der Waals surface area contributed by atoms with Gasteiger partial charge in [-0.1, -0.05) is 6.07 Å². The fourth-order valence-corrected chi connectivity index (χ4v) is 2.38. The van der Waals surface area contributed by atoms with E-state index in [-0.39, 0.29) is 5.75 Å². The molecule has 0 aliphatic heterocycles. The van der Waals surface area contributed by atoms with Gasteiger partial charge in [-0.2, -0.15) is 0 Å². The summed E-state index contributed by atoms with van der Waals surface area (Å²) in [6.07, 6.45) is 1.01. The van der Waals surface area contributed by atoms with Gasteiger partial charge in [-0.15, -0.1) is 0 Å². The first-order valence-corrected chi connectivity index (χ1v) is 7.17. The third-order valence-electron chi connectivity index (χ3n) is 2.72. The fraction of sp³-hybridized carbons (Fsp3) is 0.200. The smallest absolute Gasteiger partial charge is 0.140 e. The second-order valence-corrected chi connectivity index (χ2v) is 5.38. The van der Waals surface area contributed by atoms with Crippen molar-refractivity contribution in [2.75, 3.05) is 13.6 Å². The number of phenols is 1. The van der Waals surface area contributed by atoms with Crippen LogP contribution in [0, 0.1) is 3.57 Å². The van der Waals surface area contributed by atoms with Gasteiger partial charge in [-0.25, -0.2) is 0 Å². The standard InChI is InChI=1S/C15H16INO2/c1-17-9-8-11-2-7-15(14(16)10-11)19-13-5-3-12(18)4-6-13/h2-7,10,17-18H,8-9H2,1H3. The lowest BCUT2D eigenvalue weighted by molar-refractivity contribution is 0.463. The summed E-state index contributed by atoms with van der Waals surface area (Å²) in [7, 11) is 1.95. The molecule has 0 aromatic heterocycles. The topological polar surface area (TPSA) is 41.5 Å². The van der Waals surface area contributed by atoms with Crippen molar-refractivity contribution in [1.82, 2.24) is 5.32 Å². The van der Waals surface area contributed by atoms with Crippen molar-refractivity contribution < 1.29 is 9.84 Å². The van der Waals surface area contributed by atoms with Gasteiger partial charge in [0.2, 0.25) is 0 Å². The molecule has 2 aromatic carbocycles. The zero-order valence-electron chi connectivity index (χ0n) is 10.7. The molecule has 0 amide bonds. The van der Waals surface area contributed by atoms with E-state index in [9.17, 15) is 5.11 Å². The highest BCUT2D eigenvalue weighted by Crippen LogP contribution is 2.28. The van der Waals surface area contributed by atoms with Crippen LogP contribution < -0.4 is 10.1 Å². The number of hydrogen-bond acceptors (Lipinski definition) is 3. The van der Waals surface area contributed by atoms with E-state index in [1.807, 2.05) is 13.1 Å². The number of likely N-dealkylation sites (N-methyl/N-ethyl adjacent to an activating group) is 1. The van der Waals surface area contributed by atoms with Gasteiger partial charge in [0.25, 0.3) is 0 Å². The van der Waals surface area contributed by atoms with Crippen LogP contribution in [0.1, 0.15) is 5.56 Å². The molecule has 2 aromatic rings. The van der Waals surface area contributed by atoms with E-state index in [1.54, 1.807) is 24.3 Å². The number of aromatic hydroxyl groups is 1. The zero-order chi connectivity index (χ0) is 13.7. The zero-order valence-corrected chi connectivity index (χ0v) is 12.8. The molecular weight excluding hydrogens is 353 g/mol. The van der Waals surface area contributed by atoms with Crippen LogP contribution in [0.25, 0.3) is 0 Å². The number of hydrogen-bond donors (Lipinski definition) is 2. The summed E-state index contributed by atoms with van der Waals surface area (Å²) in [5.74, 6) is 1.79. The molecule has 0 saturated heterocycles. The maximum Gasteiger partial charge on any atom is 0.140 e. The van der Waals surface area contributed by atoms with Crippen LogP contribution in [0.4, 0.5) is 0 Å². The van der Waals surface area contributed by atoms with Crippen molar-refractivity contribution in [3.63, 3.8) is 0 Å². The lowest BCUT2D eigenvalue weighted by atomic mass is 10.1. The molecule has 19 heavy (non-hydrogen) atoms. The molecule has 0 bridgehead atoms. The van der Waals surface area contributed by atoms with Gasteiger partial charge in [0.05, 0.1) is 3.57 Å². The van der Waals surface area contributed by atoms with Gasteiger partial charge in [-0.3, -0.25) is 0 Å². The maximum atomic E-state index is 9.23. The van der Waals surface area contributed by atoms with Gasteiger partial charge in [0.1, 0.15) is 17.2 Å². The summed E-state index contributed by atoms with van der Waals surface area (Å²) in [4.78, 5) is 0. The average Bonchev–Trinajstić information content (AvgIpc) is 2.41. The minimum Gasteiger partial charge on any atom is -0.508 e. The maximum absolute atomic E-state index is 9.23. The van der Waals surface area contributed by atoms with Crippen LogP contribution in [0.5, 0.6) is 17.2 Å². The molecule has 0 aliphatic carbocycles. The van der Waals surface area contributed by atoms with Gasteiger partial charge in [-0.05, 0) is 84.6 Å². The molecule has 0 saturated carbocycles. The van der Waals surface area contributed by atoms with Gasteiger partial charge < -0.3 is 15.2 Å². The van der Waals surface area contributed by atoms with E-state index in [2.05, 4.69) is 40.0 Å². The predicted octanol–water partition coefficient (Wildman–Crippen LogP) is 3.55. The first-order chi connectivity index (χ1) is 9.19. The molecule has 0 radical (unpaired) electrons. The van der Waals surface area contributed by atoms with Crippen molar-refractivity contribution >= 4 is 22.6 Å². The van der Waals surface area contributed by atoms with Crippen LogP contribution >= 0.6 is 22.6 Å². The first kappa shape index (κ1) is 14.1. The number of benzene rings is 2. The summed E-state index contributed by atoms with van der Waals surface area (Å²) >= 11 is 2.28. The molecule has 0 aliphatic rings. The summed E-state index contributed by atoms with van der Waals surface area (Å²) in [5.41, 5.74) is 1.29. The Morgan fingerprint density at radius 2 is 1.89 bits per heavy atom. The summed E-state index contributed by atoms with van der Waals surface area (Å²) < 4.78 is 6.87. The Morgan fingerprint density at radius 3 is 2.53 bits per heavy atom. The lowest BCUT2D eigenvalue weighted by Crippen LogP contribution is -2.10. The average molecular weight is 369 g/mol. The van der Waals surface area contributed by atoms with E-state index in [1.165, 1.54) is 5.56 Å². The quantitative estimate of drug-likeness (QED) is 0.793. The normalized spacial score (nSPS) is 10.4. The Morgan fingerprint density at radius 1 is 1.16 bits per heavy atom. The highest BCUT2D eigenvalue weighted by atomic mass is 127. The molecule has 2 rings (SSSR count). The van der Waals surface area contributed by atoms with Crippen molar-refractivity contribution in [1.29, 1.82) is 0 Å². The van der Waals surface area contributed by atoms with Crippen LogP contribution in [0.15, 0.2) is 42.5 Å².